The summed E-state index contributed by atoms with van der Waals surface area (Å²) >= 11 is 0. The molecule has 0 spiro atoms. The number of carbonyl (C=O) groups excluding carboxylic acids is 2. The molecule has 0 aromatic heterocycles. The van der Waals surface area contributed by atoms with Crippen molar-refractivity contribution >= 4 is 11.8 Å². The van der Waals surface area contributed by atoms with Gasteiger partial charge >= 0.3 is 0 Å². The molecule has 3 nitrogen and oxygen atoms in total. The zero-order valence-electron chi connectivity index (χ0n) is 14.5. The van der Waals surface area contributed by atoms with Crippen molar-refractivity contribution in [2.75, 3.05) is 0 Å². The molecule has 0 saturated carbocycles. The summed E-state index contributed by atoms with van der Waals surface area (Å²) in [6.07, 6.45) is 11.1. The van der Waals surface area contributed by atoms with Crippen LogP contribution in [0.25, 0.3) is 0 Å². The van der Waals surface area contributed by atoms with Gasteiger partial charge in [-0.25, -0.2) is 0 Å². The van der Waals surface area contributed by atoms with Crippen molar-refractivity contribution in [3.8, 4) is 0 Å². The van der Waals surface area contributed by atoms with Crippen molar-refractivity contribution in [3.05, 3.63) is 35.4 Å². The van der Waals surface area contributed by atoms with Gasteiger partial charge in [0.15, 0.2) is 0 Å². The lowest BCUT2D eigenvalue weighted by Gasteiger charge is -2.22. The summed E-state index contributed by atoms with van der Waals surface area (Å²) in [6.45, 7) is 4.23. The molecule has 0 saturated heterocycles. The van der Waals surface area contributed by atoms with E-state index in [1.54, 1.807) is 12.1 Å². The molecule has 1 unspecified atom stereocenters. The Bertz CT molecular complexity index is 503. The predicted molar refractivity (Wildman–Crippen MR) is 93.6 cm³/mol. The molecule has 0 radical (unpaired) electrons. The number of fused-ring (bicyclic) bond motifs is 1. The second kappa shape index (κ2) is 8.85. The first kappa shape index (κ1) is 17.7. The van der Waals surface area contributed by atoms with Crippen molar-refractivity contribution in [2.45, 2.75) is 77.7 Å². The molecular weight excluding hydrogens is 286 g/mol. The smallest absolute Gasteiger partial charge is 0.261 e. The maximum Gasteiger partial charge on any atom is 0.261 e. The number of amides is 2. The van der Waals surface area contributed by atoms with Crippen molar-refractivity contribution in [1.82, 2.24) is 4.90 Å². The van der Waals surface area contributed by atoms with Crippen LogP contribution in [-0.2, 0) is 0 Å². The molecular formula is C20H29NO2. The van der Waals surface area contributed by atoms with Gasteiger partial charge in [0.25, 0.3) is 11.8 Å². The molecule has 1 aromatic carbocycles. The van der Waals surface area contributed by atoms with Crippen molar-refractivity contribution in [2.24, 2.45) is 0 Å². The maximum absolute atomic E-state index is 12.4. The third-order valence-corrected chi connectivity index (χ3v) is 4.74. The van der Waals surface area contributed by atoms with Crippen LogP contribution < -0.4 is 0 Å². The fraction of sp³-hybridized carbons (Fsp3) is 0.600. The highest BCUT2D eigenvalue weighted by Crippen LogP contribution is 2.26. The number of hydrogen-bond acceptors (Lipinski definition) is 2. The lowest BCUT2D eigenvalue weighted by Crippen LogP contribution is -2.37. The largest absolute Gasteiger partial charge is 0.272 e. The Morgan fingerprint density at radius 1 is 0.826 bits per heavy atom. The number of rotatable bonds is 10. The van der Waals surface area contributed by atoms with Gasteiger partial charge in [-0.05, 0) is 25.5 Å². The van der Waals surface area contributed by atoms with E-state index in [1.165, 1.54) is 49.8 Å². The fourth-order valence-electron chi connectivity index (χ4n) is 3.31. The minimum absolute atomic E-state index is 0.0116. The second-order valence-electron chi connectivity index (χ2n) is 6.64. The van der Waals surface area contributed by atoms with E-state index in [1.807, 2.05) is 19.1 Å². The molecule has 1 aliphatic rings. The average molecular weight is 315 g/mol. The van der Waals surface area contributed by atoms with E-state index in [2.05, 4.69) is 6.92 Å². The molecule has 1 aromatic rings. The van der Waals surface area contributed by atoms with E-state index >= 15 is 0 Å². The van der Waals surface area contributed by atoms with E-state index in [-0.39, 0.29) is 17.9 Å². The summed E-state index contributed by atoms with van der Waals surface area (Å²) in [6, 6.07) is 7.12. The molecule has 0 N–H and O–H groups in total. The highest BCUT2D eigenvalue weighted by Gasteiger charge is 2.37. The monoisotopic (exact) mass is 315 g/mol. The standard InChI is InChI=1S/C20H29NO2/c1-3-4-5-6-7-8-9-10-13-16(2)21-19(22)17-14-11-12-15-18(17)20(21)23/h11-12,14-16H,3-10,13H2,1-2H3. The minimum Gasteiger partial charge on any atom is -0.272 e. The molecule has 1 heterocycles. The Morgan fingerprint density at radius 2 is 1.30 bits per heavy atom. The number of unbranched alkanes of at least 4 members (excludes halogenated alkanes) is 7. The van der Waals surface area contributed by atoms with E-state index in [0.29, 0.717) is 11.1 Å². The Balaban J connectivity index is 1.72. The summed E-state index contributed by atoms with van der Waals surface area (Å²) < 4.78 is 0. The first-order chi connectivity index (χ1) is 11.2. The highest BCUT2D eigenvalue weighted by molar-refractivity contribution is 6.21. The van der Waals surface area contributed by atoms with Gasteiger partial charge in [-0.2, -0.15) is 0 Å². The Kier molecular flexibility index (Phi) is 6.82. The average Bonchev–Trinajstić information content (AvgIpc) is 2.82. The molecule has 2 rings (SSSR count). The minimum atomic E-state index is -0.127. The molecule has 3 heteroatoms. The van der Waals surface area contributed by atoms with Gasteiger partial charge in [0.2, 0.25) is 0 Å². The van der Waals surface area contributed by atoms with Crippen LogP contribution in [0.2, 0.25) is 0 Å². The van der Waals surface area contributed by atoms with Gasteiger partial charge in [0.1, 0.15) is 0 Å². The zero-order valence-corrected chi connectivity index (χ0v) is 14.5. The predicted octanol–water partition coefficient (Wildman–Crippen LogP) is 5.20. The van der Waals surface area contributed by atoms with Gasteiger partial charge in [-0.3, -0.25) is 14.5 Å². The maximum atomic E-state index is 12.4. The van der Waals surface area contributed by atoms with E-state index in [4.69, 9.17) is 0 Å². The summed E-state index contributed by atoms with van der Waals surface area (Å²) in [5, 5.41) is 0. The van der Waals surface area contributed by atoms with Gasteiger partial charge in [-0.15, -0.1) is 0 Å². The number of imide groups is 1. The van der Waals surface area contributed by atoms with Crippen LogP contribution in [0.3, 0.4) is 0 Å². The molecule has 0 aliphatic carbocycles. The van der Waals surface area contributed by atoms with Crippen LogP contribution >= 0.6 is 0 Å². The SMILES string of the molecule is CCCCCCCCCCC(C)N1C(=O)c2ccccc2C1=O. The quantitative estimate of drug-likeness (QED) is 0.439. The second-order valence-corrected chi connectivity index (χ2v) is 6.64. The molecule has 1 atom stereocenters. The highest BCUT2D eigenvalue weighted by atomic mass is 16.2. The first-order valence-electron chi connectivity index (χ1n) is 9.13. The molecule has 126 valence electrons. The molecule has 0 fully saturated rings. The van der Waals surface area contributed by atoms with Crippen molar-refractivity contribution < 1.29 is 9.59 Å². The Labute approximate surface area is 140 Å². The third-order valence-electron chi connectivity index (χ3n) is 4.74. The normalized spacial score (nSPS) is 15.1. The van der Waals surface area contributed by atoms with Crippen LogP contribution in [0.5, 0.6) is 0 Å². The van der Waals surface area contributed by atoms with Crippen LogP contribution in [0.1, 0.15) is 92.4 Å². The summed E-state index contributed by atoms with van der Waals surface area (Å²) in [7, 11) is 0. The van der Waals surface area contributed by atoms with Crippen molar-refractivity contribution in [1.29, 1.82) is 0 Å². The lowest BCUT2D eigenvalue weighted by atomic mass is 10.0. The van der Waals surface area contributed by atoms with Crippen LogP contribution in [0.15, 0.2) is 24.3 Å². The van der Waals surface area contributed by atoms with E-state index in [9.17, 15) is 9.59 Å². The van der Waals surface area contributed by atoms with Crippen LogP contribution in [0, 0.1) is 0 Å². The van der Waals surface area contributed by atoms with Gasteiger partial charge < -0.3 is 0 Å². The third kappa shape index (κ3) is 4.43. The Hall–Kier alpha value is -1.64. The van der Waals surface area contributed by atoms with Gasteiger partial charge in [0, 0.05) is 6.04 Å². The van der Waals surface area contributed by atoms with Crippen molar-refractivity contribution in [3.63, 3.8) is 0 Å². The van der Waals surface area contributed by atoms with Gasteiger partial charge in [0.05, 0.1) is 11.1 Å². The summed E-state index contributed by atoms with van der Waals surface area (Å²) in [5.41, 5.74) is 1.11. The topological polar surface area (TPSA) is 37.4 Å². The summed E-state index contributed by atoms with van der Waals surface area (Å²) in [5.74, 6) is -0.254. The number of benzene rings is 1. The van der Waals surface area contributed by atoms with E-state index in [0.717, 1.165) is 12.8 Å². The van der Waals surface area contributed by atoms with E-state index < -0.39 is 0 Å². The summed E-state index contributed by atoms with van der Waals surface area (Å²) in [4.78, 5) is 26.2. The number of nitrogens with zero attached hydrogens (tertiary/aromatic N) is 1. The molecule has 0 bridgehead atoms. The van der Waals surface area contributed by atoms with Gasteiger partial charge in [-0.1, -0.05) is 70.4 Å². The lowest BCUT2D eigenvalue weighted by molar-refractivity contribution is 0.0588. The molecule has 2 amide bonds. The fourth-order valence-corrected chi connectivity index (χ4v) is 3.31. The number of hydrogen-bond donors (Lipinski definition) is 0. The first-order valence-corrected chi connectivity index (χ1v) is 9.13. The van der Waals surface area contributed by atoms with Crippen LogP contribution in [0.4, 0.5) is 0 Å². The zero-order chi connectivity index (χ0) is 16.7. The Morgan fingerprint density at radius 3 is 1.83 bits per heavy atom. The molecule has 23 heavy (non-hydrogen) atoms. The van der Waals surface area contributed by atoms with Crippen LogP contribution in [-0.4, -0.2) is 22.8 Å². The molecule has 1 aliphatic heterocycles. The number of carbonyl (C=O) groups is 2.